The number of carbonyl (C=O) groups is 1. The lowest BCUT2D eigenvalue weighted by atomic mass is 10.1. The van der Waals surface area contributed by atoms with Gasteiger partial charge in [-0.3, -0.25) is 9.78 Å². The fourth-order valence-corrected chi connectivity index (χ4v) is 4.34. The SMILES string of the molecule is Nc1sc(-c2ccc(Cl)cc2)nc1C(=O)Nc1cnccc1N1CCC[C@H](N)C1. The Kier molecular flexibility index (Phi) is 5.66. The minimum Gasteiger partial charge on any atom is -0.389 e. The fraction of sp³-hybridized carbons (Fsp3) is 0.250. The fourth-order valence-electron chi connectivity index (χ4n) is 3.38. The van der Waals surface area contributed by atoms with Crippen LogP contribution in [0.15, 0.2) is 42.7 Å². The summed E-state index contributed by atoms with van der Waals surface area (Å²) in [4.78, 5) is 23.7. The van der Waals surface area contributed by atoms with Crippen LogP contribution in [-0.4, -0.2) is 35.0 Å². The Hall–Kier alpha value is -2.68. The number of nitrogens with two attached hydrogens (primary N) is 2. The van der Waals surface area contributed by atoms with Gasteiger partial charge in [0.15, 0.2) is 5.69 Å². The first kappa shape index (κ1) is 19.6. The van der Waals surface area contributed by atoms with E-state index in [0.717, 1.165) is 37.2 Å². The predicted molar refractivity (Wildman–Crippen MR) is 119 cm³/mol. The van der Waals surface area contributed by atoms with E-state index in [4.69, 9.17) is 23.1 Å². The second-order valence-electron chi connectivity index (χ2n) is 6.93. The summed E-state index contributed by atoms with van der Waals surface area (Å²) in [6, 6.07) is 9.26. The average Bonchev–Trinajstić information content (AvgIpc) is 3.11. The van der Waals surface area contributed by atoms with Gasteiger partial charge in [0.2, 0.25) is 0 Å². The van der Waals surface area contributed by atoms with Gasteiger partial charge in [-0.1, -0.05) is 35.1 Å². The normalized spacial score (nSPS) is 16.6. The minimum atomic E-state index is -0.366. The highest BCUT2D eigenvalue weighted by molar-refractivity contribution is 7.19. The van der Waals surface area contributed by atoms with Gasteiger partial charge in [0.25, 0.3) is 5.91 Å². The summed E-state index contributed by atoms with van der Waals surface area (Å²) in [5.41, 5.74) is 14.8. The van der Waals surface area contributed by atoms with Crippen molar-refractivity contribution in [1.29, 1.82) is 0 Å². The van der Waals surface area contributed by atoms with Gasteiger partial charge in [0.1, 0.15) is 10.0 Å². The van der Waals surface area contributed by atoms with Crippen molar-refractivity contribution in [1.82, 2.24) is 9.97 Å². The van der Waals surface area contributed by atoms with Gasteiger partial charge < -0.3 is 21.7 Å². The van der Waals surface area contributed by atoms with Gasteiger partial charge in [-0.05, 0) is 31.0 Å². The summed E-state index contributed by atoms with van der Waals surface area (Å²) in [6.45, 7) is 1.63. The molecule has 3 aromatic rings. The molecule has 7 nitrogen and oxygen atoms in total. The summed E-state index contributed by atoms with van der Waals surface area (Å²) in [7, 11) is 0. The van der Waals surface area contributed by atoms with Crippen LogP contribution in [0.1, 0.15) is 23.3 Å². The standard InChI is InChI=1S/C20H21ClN6OS/c21-13-5-3-12(4-6-13)20-26-17(18(23)29-20)19(28)25-15-10-24-8-7-16(15)27-9-1-2-14(22)11-27/h3-8,10,14H,1-2,9,11,22-23H2,(H,25,28)/t14-/m0/s1. The van der Waals surface area contributed by atoms with E-state index in [1.165, 1.54) is 11.3 Å². The number of piperidine rings is 1. The molecule has 1 fully saturated rings. The number of nitrogen functional groups attached to an aromatic ring is 1. The Balaban J connectivity index is 1.57. The van der Waals surface area contributed by atoms with Crippen LogP contribution in [0.3, 0.4) is 0 Å². The monoisotopic (exact) mass is 428 g/mol. The zero-order valence-corrected chi connectivity index (χ0v) is 17.2. The van der Waals surface area contributed by atoms with E-state index in [1.807, 2.05) is 18.2 Å². The summed E-state index contributed by atoms with van der Waals surface area (Å²) in [5, 5.41) is 4.57. The van der Waals surface area contributed by atoms with Gasteiger partial charge in [-0.2, -0.15) is 0 Å². The van der Waals surface area contributed by atoms with Crippen LogP contribution >= 0.6 is 22.9 Å². The molecular formula is C20H21ClN6OS. The molecule has 3 heterocycles. The molecule has 9 heteroatoms. The first-order chi connectivity index (χ1) is 14.0. The highest BCUT2D eigenvalue weighted by Crippen LogP contribution is 2.32. The van der Waals surface area contributed by atoms with Crippen LogP contribution in [-0.2, 0) is 0 Å². The third-order valence-corrected chi connectivity index (χ3v) is 5.99. The summed E-state index contributed by atoms with van der Waals surface area (Å²) in [6.07, 6.45) is 5.36. The highest BCUT2D eigenvalue weighted by Gasteiger charge is 2.22. The van der Waals surface area contributed by atoms with Crippen molar-refractivity contribution in [3.63, 3.8) is 0 Å². The van der Waals surface area contributed by atoms with Crippen LogP contribution < -0.4 is 21.7 Å². The van der Waals surface area contributed by atoms with Gasteiger partial charge in [-0.15, -0.1) is 0 Å². The molecule has 0 saturated carbocycles. The van der Waals surface area contributed by atoms with E-state index in [1.54, 1.807) is 24.5 Å². The molecular weight excluding hydrogens is 408 g/mol. The number of benzene rings is 1. The molecule has 1 saturated heterocycles. The smallest absolute Gasteiger partial charge is 0.277 e. The Morgan fingerprint density at radius 3 is 2.83 bits per heavy atom. The van der Waals surface area contributed by atoms with E-state index in [0.29, 0.717) is 20.7 Å². The van der Waals surface area contributed by atoms with E-state index < -0.39 is 0 Å². The Bertz CT molecular complexity index is 1020. The number of carbonyl (C=O) groups excluding carboxylic acids is 1. The van der Waals surface area contributed by atoms with Gasteiger partial charge in [0.05, 0.1) is 17.6 Å². The molecule has 0 aliphatic carbocycles. The molecule has 1 aromatic carbocycles. The lowest BCUT2D eigenvalue weighted by Crippen LogP contribution is -2.43. The van der Waals surface area contributed by atoms with Crippen molar-refractivity contribution in [3.05, 3.63) is 53.4 Å². The zero-order chi connectivity index (χ0) is 20.4. The third-order valence-electron chi connectivity index (χ3n) is 4.80. The largest absolute Gasteiger partial charge is 0.389 e. The maximum absolute atomic E-state index is 12.9. The average molecular weight is 429 g/mol. The number of hydrogen-bond acceptors (Lipinski definition) is 7. The van der Waals surface area contributed by atoms with Crippen molar-refractivity contribution >= 4 is 45.2 Å². The lowest BCUT2D eigenvalue weighted by molar-refractivity contribution is 0.102. The van der Waals surface area contributed by atoms with Gasteiger partial charge in [0, 0.05) is 35.9 Å². The molecule has 0 bridgehead atoms. The summed E-state index contributed by atoms with van der Waals surface area (Å²) in [5.74, 6) is -0.366. The summed E-state index contributed by atoms with van der Waals surface area (Å²) < 4.78 is 0. The minimum absolute atomic E-state index is 0.122. The van der Waals surface area contributed by atoms with Crippen molar-refractivity contribution in [2.24, 2.45) is 5.73 Å². The molecule has 4 rings (SSSR count). The van der Waals surface area contributed by atoms with Crippen molar-refractivity contribution in [3.8, 4) is 10.6 Å². The molecule has 1 atom stereocenters. The van der Waals surface area contributed by atoms with Crippen molar-refractivity contribution < 1.29 is 4.79 Å². The molecule has 29 heavy (non-hydrogen) atoms. The lowest BCUT2D eigenvalue weighted by Gasteiger charge is -2.33. The quantitative estimate of drug-likeness (QED) is 0.585. The number of thiazole rings is 1. The van der Waals surface area contributed by atoms with E-state index in [9.17, 15) is 4.79 Å². The highest BCUT2D eigenvalue weighted by atomic mass is 35.5. The molecule has 0 radical (unpaired) electrons. The number of nitrogens with one attached hydrogen (secondary N) is 1. The molecule has 1 aliphatic heterocycles. The molecule has 2 aromatic heterocycles. The van der Waals surface area contributed by atoms with E-state index in [-0.39, 0.29) is 17.6 Å². The maximum Gasteiger partial charge on any atom is 0.277 e. The van der Waals surface area contributed by atoms with Crippen molar-refractivity contribution in [2.45, 2.75) is 18.9 Å². The Morgan fingerprint density at radius 2 is 2.07 bits per heavy atom. The predicted octanol–water partition coefficient (Wildman–Crippen LogP) is 3.62. The molecule has 0 spiro atoms. The second-order valence-corrected chi connectivity index (χ2v) is 8.40. The van der Waals surface area contributed by atoms with Crippen LogP contribution in [0.2, 0.25) is 5.02 Å². The Labute approximate surface area is 177 Å². The topological polar surface area (TPSA) is 110 Å². The third kappa shape index (κ3) is 4.34. The number of halogens is 1. The number of amides is 1. The first-order valence-corrected chi connectivity index (χ1v) is 10.5. The van der Waals surface area contributed by atoms with E-state index in [2.05, 4.69) is 20.2 Å². The molecule has 150 valence electrons. The maximum atomic E-state index is 12.9. The van der Waals surface area contributed by atoms with E-state index >= 15 is 0 Å². The molecule has 1 aliphatic rings. The van der Waals surface area contributed by atoms with Gasteiger partial charge >= 0.3 is 0 Å². The zero-order valence-electron chi connectivity index (χ0n) is 15.6. The molecule has 0 unspecified atom stereocenters. The number of rotatable bonds is 4. The number of aromatic nitrogens is 2. The van der Waals surface area contributed by atoms with Crippen LogP contribution in [0.25, 0.3) is 10.6 Å². The number of hydrogen-bond donors (Lipinski definition) is 3. The van der Waals surface area contributed by atoms with Crippen LogP contribution in [0.4, 0.5) is 16.4 Å². The summed E-state index contributed by atoms with van der Waals surface area (Å²) >= 11 is 7.21. The van der Waals surface area contributed by atoms with Gasteiger partial charge in [-0.25, -0.2) is 4.98 Å². The number of nitrogens with zero attached hydrogens (tertiary/aromatic N) is 3. The molecule has 5 N–H and O–H groups in total. The van der Waals surface area contributed by atoms with Crippen LogP contribution in [0, 0.1) is 0 Å². The van der Waals surface area contributed by atoms with Crippen molar-refractivity contribution in [2.75, 3.05) is 29.0 Å². The Morgan fingerprint density at radius 1 is 1.28 bits per heavy atom. The number of anilines is 3. The first-order valence-electron chi connectivity index (χ1n) is 9.29. The molecule has 1 amide bonds. The van der Waals surface area contributed by atoms with Crippen LogP contribution in [0.5, 0.6) is 0 Å². The number of pyridine rings is 1. The second kappa shape index (κ2) is 8.36.